The number of halogens is 1. The van der Waals surface area contributed by atoms with Crippen LogP contribution in [0.2, 0.25) is 5.02 Å². The number of aliphatic imine (C=N–C) groups is 1. The van der Waals surface area contributed by atoms with Crippen LogP contribution in [0.1, 0.15) is 23.0 Å². The van der Waals surface area contributed by atoms with E-state index in [0.717, 1.165) is 29.5 Å². The predicted octanol–water partition coefficient (Wildman–Crippen LogP) is 2.46. The lowest BCUT2D eigenvalue weighted by Gasteiger charge is -2.11. The van der Waals surface area contributed by atoms with Crippen molar-refractivity contribution in [3.8, 4) is 0 Å². The highest BCUT2D eigenvalue weighted by Crippen LogP contribution is 2.10. The fourth-order valence-electron chi connectivity index (χ4n) is 2.18. The highest BCUT2D eigenvalue weighted by molar-refractivity contribution is 6.30. The second-order valence-corrected chi connectivity index (χ2v) is 5.74. The molecule has 0 fully saturated rings. The fourth-order valence-corrected chi connectivity index (χ4v) is 2.40. The van der Waals surface area contributed by atoms with Crippen LogP contribution in [0.3, 0.4) is 0 Å². The number of amides is 1. The second kappa shape index (κ2) is 10.4. The van der Waals surface area contributed by atoms with E-state index < -0.39 is 0 Å². The topological polar surface area (TPSA) is 78.7 Å². The van der Waals surface area contributed by atoms with Crippen LogP contribution >= 0.6 is 11.6 Å². The maximum atomic E-state index is 11.7. The minimum absolute atomic E-state index is 0.227. The quantitative estimate of drug-likeness (QED) is 0.383. The molecule has 25 heavy (non-hydrogen) atoms. The van der Waals surface area contributed by atoms with E-state index in [0.29, 0.717) is 25.4 Å². The van der Waals surface area contributed by atoms with E-state index >= 15 is 0 Å². The zero-order valence-electron chi connectivity index (χ0n) is 14.2. The number of nitrogens with zero attached hydrogens (tertiary/aromatic N) is 1. The smallest absolute Gasteiger partial charge is 0.287 e. The molecule has 134 valence electrons. The van der Waals surface area contributed by atoms with E-state index in [9.17, 15) is 4.79 Å². The normalized spacial score (nSPS) is 11.2. The number of carbonyl (C=O) groups excluding carboxylic acids is 1. The molecular formula is C18H23ClN4O2. The Kier molecular flexibility index (Phi) is 7.85. The molecule has 1 amide bonds. The van der Waals surface area contributed by atoms with Crippen LogP contribution in [-0.2, 0) is 6.42 Å². The number of hydrogen-bond donors (Lipinski definition) is 3. The Hall–Kier alpha value is -2.47. The summed E-state index contributed by atoms with van der Waals surface area (Å²) in [6.07, 6.45) is 2.29. The summed E-state index contributed by atoms with van der Waals surface area (Å²) in [7, 11) is 0. The summed E-state index contributed by atoms with van der Waals surface area (Å²) in [6, 6.07) is 11.1. The average Bonchev–Trinajstić information content (AvgIpc) is 3.13. The van der Waals surface area contributed by atoms with E-state index in [1.165, 1.54) is 6.26 Å². The Labute approximate surface area is 152 Å². The van der Waals surface area contributed by atoms with Crippen molar-refractivity contribution in [3.05, 3.63) is 59.0 Å². The first-order valence-corrected chi connectivity index (χ1v) is 8.65. The molecule has 1 heterocycles. The summed E-state index contributed by atoms with van der Waals surface area (Å²) in [4.78, 5) is 16.3. The lowest BCUT2D eigenvalue weighted by Crippen LogP contribution is -2.41. The third-order valence-electron chi connectivity index (χ3n) is 3.35. The molecule has 2 rings (SSSR count). The number of rotatable bonds is 8. The summed E-state index contributed by atoms with van der Waals surface area (Å²) in [5.74, 6) is 0.800. The van der Waals surface area contributed by atoms with Crippen LogP contribution in [0.5, 0.6) is 0 Å². The average molecular weight is 363 g/mol. The zero-order chi connectivity index (χ0) is 17.9. The molecule has 0 atom stereocenters. The van der Waals surface area contributed by atoms with Crippen LogP contribution < -0.4 is 16.0 Å². The van der Waals surface area contributed by atoms with Crippen molar-refractivity contribution in [3.63, 3.8) is 0 Å². The van der Waals surface area contributed by atoms with Crippen LogP contribution in [0, 0.1) is 0 Å². The van der Waals surface area contributed by atoms with Gasteiger partial charge in [-0.2, -0.15) is 0 Å². The molecule has 0 saturated heterocycles. The molecule has 1 aromatic heterocycles. The maximum absolute atomic E-state index is 11.7. The molecule has 0 bridgehead atoms. The molecule has 3 N–H and O–H groups in total. The van der Waals surface area contributed by atoms with E-state index in [1.807, 2.05) is 31.2 Å². The van der Waals surface area contributed by atoms with Gasteiger partial charge in [-0.25, -0.2) is 0 Å². The largest absolute Gasteiger partial charge is 0.459 e. The van der Waals surface area contributed by atoms with Crippen LogP contribution in [0.15, 0.2) is 52.1 Å². The van der Waals surface area contributed by atoms with Gasteiger partial charge in [0.15, 0.2) is 11.7 Å². The predicted molar refractivity (Wildman–Crippen MR) is 100 cm³/mol. The van der Waals surface area contributed by atoms with Gasteiger partial charge in [0.2, 0.25) is 0 Å². The van der Waals surface area contributed by atoms with Gasteiger partial charge in [0, 0.05) is 31.2 Å². The SMILES string of the molecule is CCNC(=NCCc1cccc(Cl)c1)NCCNC(=O)c1ccco1. The molecule has 7 heteroatoms. The molecule has 0 aliphatic rings. The summed E-state index contributed by atoms with van der Waals surface area (Å²) in [5.41, 5.74) is 1.15. The lowest BCUT2D eigenvalue weighted by atomic mass is 10.1. The molecule has 2 aromatic rings. The Morgan fingerprint density at radius 3 is 2.72 bits per heavy atom. The van der Waals surface area contributed by atoms with Crippen LogP contribution in [0.4, 0.5) is 0 Å². The molecule has 0 aliphatic heterocycles. The highest BCUT2D eigenvalue weighted by atomic mass is 35.5. The molecule has 0 radical (unpaired) electrons. The Morgan fingerprint density at radius 2 is 2.00 bits per heavy atom. The van der Waals surface area contributed by atoms with Crippen LogP contribution in [-0.4, -0.2) is 38.0 Å². The highest BCUT2D eigenvalue weighted by Gasteiger charge is 2.06. The Bertz CT molecular complexity index is 686. The van der Waals surface area contributed by atoms with Crippen molar-refractivity contribution in [2.45, 2.75) is 13.3 Å². The first kappa shape index (κ1) is 18.9. The van der Waals surface area contributed by atoms with Gasteiger partial charge in [-0.05, 0) is 43.2 Å². The molecular weight excluding hydrogens is 340 g/mol. The fraction of sp³-hybridized carbons (Fsp3) is 0.333. The zero-order valence-corrected chi connectivity index (χ0v) is 15.0. The first-order chi connectivity index (χ1) is 12.2. The van der Waals surface area contributed by atoms with Gasteiger partial charge in [0.05, 0.1) is 6.26 Å². The van der Waals surface area contributed by atoms with E-state index in [1.54, 1.807) is 12.1 Å². The van der Waals surface area contributed by atoms with Gasteiger partial charge < -0.3 is 20.4 Å². The van der Waals surface area contributed by atoms with Gasteiger partial charge in [0.25, 0.3) is 5.91 Å². The van der Waals surface area contributed by atoms with Crippen LogP contribution in [0.25, 0.3) is 0 Å². The van der Waals surface area contributed by atoms with Gasteiger partial charge in [0.1, 0.15) is 0 Å². The molecule has 0 aliphatic carbocycles. The second-order valence-electron chi connectivity index (χ2n) is 5.30. The summed E-state index contributed by atoms with van der Waals surface area (Å²) < 4.78 is 5.04. The Balaban J connectivity index is 1.72. The number of hydrogen-bond acceptors (Lipinski definition) is 3. The molecule has 0 spiro atoms. The number of furan rings is 1. The van der Waals surface area contributed by atoms with Gasteiger partial charge in [-0.3, -0.25) is 9.79 Å². The minimum atomic E-state index is -0.227. The molecule has 0 saturated carbocycles. The third-order valence-corrected chi connectivity index (χ3v) is 3.59. The van der Waals surface area contributed by atoms with Gasteiger partial charge in [-0.15, -0.1) is 0 Å². The number of guanidine groups is 1. The first-order valence-electron chi connectivity index (χ1n) is 8.27. The van der Waals surface area contributed by atoms with Crippen molar-refractivity contribution in [2.75, 3.05) is 26.2 Å². The van der Waals surface area contributed by atoms with Gasteiger partial charge >= 0.3 is 0 Å². The third kappa shape index (κ3) is 6.89. The summed E-state index contributed by atoms with van der Waals surface area (Å²) in [5, 5.41) is 9.88. The minimum Gasteiger partial charge on any atom is -0.459 e. The standard InChI is InChI=1S/C18H23ClN4O2/c1-2-20-18(22-9-8-14-5-3-6-15(19)13-14)23-11-10-21-17(24)16-7-4-12-25-16/h3-7,12-13H,2,8-11H2,1H3,(H,21,24)(H2,20,22,23). The van der Waals surface area contributed by atoms with E-state index in [2.05, 4.69) is 20.9 Å². The van der Waals surface area contributed by atoms with Crippen molar-refractivity contribution >= 4 is 23.5 Å². The van der Waals surface area contributed by atoms with E-state index in [4.69, 9.17) is 16.0 Å². The molecule has 6 nitrogen and oxygen atoms in total. The molecule has 1 aromatic carbocycles. The summed E-state index contributed by atoms with van der Waals surface area (Å²) >= 11 is 5.98. The van der Waals surface area contributed by atoms with Crippen molar-refractivity contribution < 1.29 is 9.21 Å². The maximum Gasteiger partial charge on any atom is 0.287 e. The number of nitrogens with one attached hydrogen (secondary N) is 3. The van der Waals surface area contributed by atoms with Crippen molar-refractivity contribution in [1.82, 2.24) is 16.0 Å². The number of benzene rings is 1. The van der Waals surface area contributed by atoms with E-state index in [-0.39, 0.29) is 5.91 Å². The molecule has 0 unspecified atom stereocenters. The number of carbonyl (C=O) groups is 1. The monoisotopic (exact) mass is 362 g/mol. The van der Waals surface area contributed by atoms with Crippen molar-refractivity contribution in [1.29, 1.82) is 0 Å². The summed E-state index contributed by atoms with van der Waals surface area (Å²) in [6.45, 7) is 4.46. The Morgan fingerprint density at radius 1 is 1.16 bits per heavy atom. The van der Waals surface area contributed by atoms with Crippen molar-refractivity contribution in [2.24, 2.45) is 4.99 Å². The van der Waals surface area contributed by atoms with Gasteiger partial charge in [-0.1, -0.05) is 23.7 Å². The lowest BCUT2D eigenvalue weighted by molar-refractivity contribution is 0.0926.